The monoisotopic (exact) mass is 470 g/mol. The quantitative estimate of drug-likeness (QED) is 0.337. The van der Waals surface area contributed by atoms with E-state index in [9.17, 15) is 0 Å². The number of ether oxygens (including phenoxy) is 1. The smallest absolute Gasteiger partial charge is 0.119 e. The molecule has 2 aliphatic rings. The molecule has 2 aliphatic carbocycles. The van der Waals surface area contributed by atoms with E-state index in [0.717, 1.165) is 58.3 Å². The average molecular weight is 471 g/mol. The molecule has 34 heavy (non-hydrogen) atoms. The highest BCUT2D eigenvalue weighted by Crippen LogP contribution is 2.33. The van der Waals surface area contributed by atoms with Gasteiger partial charge in [-0.1, -0.05) is 48.6 Å². The molecule has 3 aromatic rings. The van der Waals surface area contributed by atoms with Crippen molar-refractivity contribution in [2.45, 2.75) is 44.6 Å². The van der Waals surface area contributed by atoms with E-state index in [0.29, 0.717) is 0 Å². The highest BCUT2D eigenvalue weighted by molar-refractivity contribution is 6.30. The lowest BCUT2D eigenvalue weighted by atomic mass is 10.1. The van der Waals surface area contributed by atoms with Crippen LogP contribution in [-0.2, 0) is 0 Å². The Morgan fingerprint density at radius 2 is 1.59 bits per heavy atom. The first kappa shape index (κ1) is 23.0. The Morgan fingerprint density at radius 3 is 2.26 bits per heavy atom. The van der Waals surface area contributed by atoms with Gasteiger partial charge in [0.25, 0.3) is 0 Å². The van der Waals surface area contributed by atoms with Crippen molar-refractivity contribution in [2.24, 2.45) is 5.92 Å². The van der Waals surface area contributed by atoms with Crippen LogP contribution in [0.4, 0.5) is 0 Å². The van der Waals surface area contributed by atoms with Crippen molar-refractivity contribution in [1.29, 1.82) is 0 Å². The van der Waals surface area contributed by atoms with Crippen LogP contribution in [0, 0.1) is 17.8 Å². The van der Waals surface area contributed by atoms with E-state index >= 15 is 0 Å². The molecule has 5 rings (SSSR count). The lowest BCUT2D eigenvalue weighted by molar-refractivity contribution is 0.154. The molecule has 4 heteroatoms. The third kappa shape index (κ3) is 6.41. The van der Waals surface area contributed by atoms with Crippen LogP contribution in [-0.4, -0.2) is 35.6 Å². The van der Waals surface area contributed by atoms with E-state index in [1.807, 2.05) is 66.9 Å². The van der Waals surface area contributed by atoms with Gasteiger partial charge in [0.2, 0.25) is 0 Å². The van der Waals surface area contributed by atoms with Crippen molar-refractivity contribution < 1.29 is 4.74 Å². The van der Waals surface area contributed by atoms with Gasteiger partial charge in [-0.3, -0.25) is 4.90 Å². The van der Waals surface area contributed by atoms with Crippen molar-refractivity contribution in [3.8, 4) is 28.7 Å². The van der Waals surface area contributed by atoms with E-state index in [4.69, 9.17) is 16.3 Å². The predicted molar refractivity (Wildman–Crippen MR) is 139 cm³/mol. The van der Waals surface area contributed by atoms with Gasteiger partial charge >= 0.3 is 0 Å². The Balaban J connectivity index is 1.13. The Morgan fingerprint density at radius 1 is 0.853 bits per heavy atom. The van der Waals surface area contributed by atoms with Crippen molar-refractivity contribution in [2.75, 3.05) is 19.7 Å². The van der Waals surface area contributed by atoms with Crippen LogP contribution in [0.25, 0.3) is 11.1 Å². The molecule has 2 fully saturated rings. The zero-order chi connectivity index (χ0) is 23.2. The molecular formula is C30H31ClN2O. The number of hydrogen-bond acceptors (Lipinski definition) is 3. The summed E-state index contributed by atoms with van der Waals surface area (Å²) >= 11 is 5.97. The molecule has 0 amide bonds. The molecule has 0 unspecified atom stereocenters. The summed E-state index contributed by atoms with van der Waals surface area (Å²) in [4.78, 5) is 7.18. The Kier molecular flexibility index (Phi) is 7.49. The number of rotatable bonds is 8. The molecule has 1 aromatic heterocycles. The summed E-state index contributed by atoms with van der Waals surface area (Å²) < 4.78 is 6.07. The van der Waals surface area contributed by atoms with Gasteiger partial charge in [-0.25, -0.2) is 4.98 Å². The van der Waals surface area contributed by atoms with Crippen LogP contribution in [0.2, 0.25) is 5.02 Å². The van der Waals surface area contributed by atoms with E-state index in [1.54, 1.807) is 0 Å². The van der Waals surface area contributed by atoms with Crippen LogP contribution in [0.5, 0.6) is 5.75 Å². The zero-order valence-electron chi connectivity index (χ0n) is 19.6. The van der Waals surface area contributed by atoms with E-state index in [-0.39, 0.29) is 0 Å². The minimum atomic E-state index is 0.732. The summed E-state index contributed by atoms with van der Waals surface area (Å²) in [6.07, 6.45) is 10.2. The summed E-state index contributed by atoms with van der Waals surface area (Å²) in [5.74, 6) is 8.20. The van der Waals surface area contributed by atoms with Crippen LogP contribution in [0.1, 0.15) is 49.8 Å². The Hall–Kier alpha value is -2.80. The first-order valence-electron chi connectivity index (χ1n) is 12.4. The van der Waals surface area contributed by atoms with Crippen LogP contribution >= 0.6 is 11.6 Å². The lowest BCUT2D eigenvalue weighted by Crippen LogP contribution is -2.38. The van der Waals surface area contributed by atoms with Gasteiger partial charge in [-0.2, -0.15) is 0 Å². The van der Waals surface area contributed by atoms with E-state index < -0.39 is 0 Å². The number of aromatic nitrogens is 1. The van der Waals surface area contributed by atoms with Gasteiger partial charge in [0.1, 0.15) is 18.1 Å². The second-order valence-electron chi connectivity index (χ2n) is 9.44. The highest BCUT2D eigenvalue weighted by Gasteiger charge is 2.29. The van der Waals surface area contributed by atoms with Crippen molar-refractivity contribution in [3.05, 3.63) is 83.1 Å². The minimum absolute atomic E-state index is 0.732. The third-order valence-electron chi connectivity index (χ3n) is 6.81. The number of pyridine rings is 1. The van der Waals surface area contributed by atoms with Gasteiger partial charge in [0.15, 0.2) is 0 Å². The molecule has 0 atom stereocenters. The first-order valence-corrected chi connectivity index (χ1v) is 12.8. The highest BCUT2D eigenvalue weighted by atomic mass is 35.5. The average Bonchev–Trinajstić information content (AvgIpc) is 3.52. The number of benzene rings is 2. The van der Waals surface area contributed by atoms with Gasteiger partial charge in [0.05, 0.1) is 0 Å². The molecule has 0 bridgehead atoms. The molecular weight excluding hydrogens is 440 g/mol. The first-order chi connectivity index (χ1) is 16.7. The molecule has 2 saturated carbocycles. The van der Waals surface area contributed by atoms with Crippen LogP contribution in [0.3, 0.4) is 0 Å². The van der Waals surface area contributed by atoms with Gasteiger partial charge < -0.3 is 4.74 Å². The summed E-state index contributed by atoms with van der Waals surface area (Å²) in [5, 5.41) is 0.732. The summed E-state index contributed by atoms with van der Waals surface area (Å²) in [5.41, 5.74) is 3.84. The molecule has 3 nitrogen and oxygen atoms in total. The standard InChI is InChI=1S/C30H31ClN2O/c31-27-13-10-25(11-14-27)26-12-16-28(32-21-26)15-7-23-8-17-30(18-9-23)34-20-19-33(22-24-5-6-24)29-3-1-2-4-29/h8-14,16-18,21,24,29H,1-6,19-20,22H2. The predicted octanol–water partition coefficient (Wildman–Crippen LogP) is 6.84. The molecule has 174 valence electrons. The van der Waals surface area contributed by atoms with Gasteiger partial charge in [-0.15, -0.1) is 0 Å². The van der Waals surface area contributed by atoms with Crippen molar-refractivity contribution in [1.82, 2.24) is 9.88 Å². The number of hydrogen-bond donors (Lipinski definition) is 0. The molecule has 0 spiro atoms. The fraction of sp³-hybridized carbons (Fsp3) is 0.367. The Bertz CT molecular complexity index is 1120. The van der Waals surface area contributed by atoms with Crippen LogP contribution in [0.15, 0.2) is 66.9 Å². The number of halogens is 1. The molecule has 0 saturated heterocycles. The lowest BCUT2D eigenvalue weighted by Gasteiger charge is -2.28. The molecule has 1 heterocycles. The summed E-state index contributed by atoms with van der Waals surface area (Å²) in [6.45, 7) is 3.04. The maximum Gasteiger partial charge on any atom is 0.119 e. The second-order valence-corrected chi connectivity index (χ2v) is 9.87. The second kappa shape index (κ2) is 11.1. The molecule has 0 N–H and O–H groups in total. The Labute approximate surface area is 208 Å². The number of nitrogens with zero attached hydrogens (tertiary/aromatic N) is 2. The summed E-state index contributed by atoms with van der Waals surface area (Å²) in [7, 11) is 0. The van der Waals surface area contributed by atoms with E-state index in [2.05, 4.69) is 21.7 Å². The fourth-order valence-electron chi connectivity index (χ4n) is 4.66. The SMILES string of the molecule is Clc1ccc(-c2ccc(C#Cc3ccc(OCCN(CC4CC4)C4CCCC4)cc3)nc2)cc1. The van der Waals surface area contributed by atoms with Gasteiger partial charge in [0, 0.05) is 41.5 Å². The minimum Gasteiger partial charge on any atom is -0.492 e. The molecule has 2 aromatic carbocycles. The molecule has 0 aliphatic heterocycles. The van der Waals surface area contributed by atoms with Crippen LogP contribution < -0.4 is 4.74 Å². The molecule has 0 radical (unpaired) electrons. The van der Waals surface area contributed by atoms with Crippen molar-refractivity contribution >= 4 is 11.6 Å². The van der Waals surface area contributed by atoms with E-state index in [1.165, 1.54) is 45.1 Å². The maximum absolute atomic E-state index is 6.07. The summed E-state index contributed by atoms with van der Waals surface area (Å²) in [6, 6.07) is 20.6. The largest absolute Gasteiger partial charge is 0.492 e. The van der Waals surface area contributed by atoms with Gasteiger partial charge in [-0.05, 0) is 85.5 Å². The maximum atomic E-state index is 6.07. The normalized spacial score (nSPS) is 15.8. The fourth-order valence-corrected chi connectivity index (χ4v) is 4.78. The zero-order valence-corrected chi connectivity index (χ0v) is 20.3. The van der Waals surface area contributed by atoms with Crippen molar-refractivity contribution in [3.63, 3.8) is 0 Å². The third-order valence-corrected chi connectivity index (χ3v) is 7.06. The topological polar surface area (TPSA) is 25.4 Å².